The maximum atomic E-state index is 9.25. The third-order valence-corrected chi connectivity index (χ3v) is 4.86. The molecule has 1 N–H and O–H groups in total. The van der Waals surface area contributed by atoms with Crippen molar-refractivity contribution in [3.8, 4) is 11.9 Å². The summed E-state index contributed by atoms with van der Waals surface area (Å²) >= 11 is 0. The van der Waals surface area contributed by atoms with E-state index in [0.717, 1.165) is 23.1 Å². The van der Waals surface area contributed by atoms with Crippen molar-refractivity contribution < 1.29 is 4.74 Å². The van der Waals surface area contributed by atoms with Crippen molar-refractivity contribution in [3.05, 3.63) is 132 Å². The fourth-order valence-corrected chi connectivity index (χ4v) is 3.33. The number of aliphatic imine (C=N–C) groups is 1. The van der Waals surface area contributed by atoms with E-state index in [2.05, 4.69) is 28.5 Å². The van der Waals surface area contributed by atoms with Crippen LogP contribution in [0.3, 0.4) is 0 Å². The Morgan fingerprint density at radius 3 is 2.28 bits per heavy atom. The number of ether oxygens (including phenoxy) is 1. The first-order valence-electron chi connectivity index (χ1n) is 10.3. The number of aromatic nitrogens is 1. The van der Waals surface area contributed by atoms with E-state index >= 15 is 0 Å². The van der Waals surface area contributed by atoms with Crippen LogP contribution in [0.25, 0.3) is 0 Å². The van der Waals surface area contributed by atoms with Crippen LogP contribution < -0.4 is 10.1 Å². The predicted octanol–water partition coefficient (Wildman–Crippen LogP) is 5.27. The number of nitrogens with zero attached hydrogens (tertiary/aromatic N) is 3. The van der Waals surface area contributed by atoms with Crippen molar-refractivity contribution >= 4 is 5.84 Å². The van der Waals surface area contributed by atoms with Gasteiger partial charge in [-0.25, -0.2) is 4.99 Å². The van der Waals surface area contributed by atoms with Gasteiger partial charge in [0, 0.05) is 23.5 Å². The van der Waals surface area contributed by atoms with E-state index in [9.17, 15) is 5.26 Å². The second-order valence-corrected chi connectivity index (χ2v) is 7.14. The molecule has 0 aliphatic rings. The number of hydrogen-bond acceptors (Lipinski definition) is 4. The Morgan fingerprint density at radius 1 is 0.875 bits per heavy atom. The Hall–Kier alpha value is -4.43. The quantitative estimate of drug-likeness (QED) is 0.192. The molecule has 1 atom stereocenters. The summed E-state index contributed by atoms with van der Waals surface area (Å²) in [4.78, 5) is 8.79. The molecular formula is C27H22N4O. The molecule has 0 spiro atoms. The lowest BCUT2D eigenvalue weighted by atomic mass is 10.1. The normalized spacial score (nSPS) is 11.9. The van der Waals surface area contributed by atoms with Crippen LogP contribution in [-0.4, -0.2) is 10.8 Å². The summed E-state index contributed by atoms with van der Waals surface area (Å²) in [6, 6.07) is 31.7. The Labute approximate surface area is 187 Å². The smallest absolute Gasteiger partial charge is 0.217 e. The Kier molecular flexibility index (Phi) is 6.87. The van der Waals surface area contributed by atoms with Crippen LogP contribution in [0.2, 0.25) is 0 Å². The van der Waals surface area contributed by atoms with Gasteiger partial charge in [0.2, 0.25) is 6.23 Å². The van der Waals surface area contributed by atoms with Crippen molar-refractivity contribution in [1.29, 1.82) is 5.26 Å². The molecule has 5 nitrogen and oxygen atoms in total. The monoisotopic (exact) mass is 418 g/mol. The molecule has 0 amide bonds. The van der Waals surface area contributed by atoms with Crippen LogP contribution in [0.4, 0.5) is 0 Å². The minimum absolute atomic E-state index is 0.421. The number of pyridine rings is 1. The van der Waals surface area contributed by atoms with E-state index in [-0.39, 0.29) is 0 Å². The number of nitrogens with one attached hydrogen (secondary N) is 1. The first-order chi connectivity index (χ1) is 15.8. The molecule has 0 saturated carbocycles. The molecule has 4 rings (SSSR count). The van der Waals surface area contributed by atoms with Gasteiger partial charge in [0.15, 0.2) is 6.19 Å². The highest BCUT2D eigenvalue weighted by atomic mass is 16.5. The van der Waals surface area contributed by atoms with Gasteiger partial charge in [0.25, 0.3) is 0 Å². The molecule has 1 unspecified atom stereocenters. The third kappa shape index (κ3) is 5.59. The van der Waals surface area contributed by atoms with Gasteiger partial charge in [-0.15, -0.1) is 0 Å². The molecule has 4 aromatic rings. The zero-order chi connectivity index (χ0) is 22.0. The van der Waals surface area contributed by atoms with Crippen LogP contribution in [0, 0.1) is 11.5 Å². The molecule has 1 aromatic heterocycles. The van der Waals surface area contributed by atoms with E-state index in [0.29, 0.717) is 11.6 Å². The van der Waals surface area contributed by atoms with Crippen LogP contribution >= 0.6 is 0 Å². The second kappa shape index (κ2) is 10.6. The van der Waals surface area contributed by atoms with Crippen molar-refractivity contribution in [3.63, 3.8) is 0 Å². The molecule has 0 bridgehead atoms. The average molecular weight is 419 g/mol. The fraction of sp³-hybridized carbons (Fsp3) is 0.0741. The zero-order valence-corrected chi connectivity index (χ0v) is 17.4. The lowest BCUT2D eigenvalue weighted by molar-refractivity contribution is 0.216. The van der Waals surface area contributed by atoms with Gasteiger partial charge in [0.05, 0.1) is 0 Å². The minimum Gasteiger partial charge on any atom is -0.464 e. The SMILES string of the molecule is N#CNC(=NC(Oc1cccc(Cc2ccccc2)c1)c1ccccc1)c1ccncc1. The largest absolute Gasteiger partial charge is 0.464 e. The highest BCUT2D eigenvalue weighted by molar-refractivity contribution is 5.99. The van der Waals surface area contributed by atoms with Crippen LogP contribution in [-0.2, 0) is 6.42 Å². The van der Waals surface area contributed by atoms with Gasteiger partial charge in [0.1, 0.15) is 11.6 Å². The molecule has 5 heteroatoms. The summed E-state index contributed by atoms with van der Waals surface area (Å²) in [5, 5.41) is 11.9. The number of amidine groups is 1. The maximum absolute atomic E-state index is 9.25. The lowest BCUT2D eigenvalue weighted by Crippen LogP contribution is -2.21. The highest BCUT2D eigenvalue weighted by Gasteiger charge is 2.15. The first-order valence-corrected chi connectivity index (χ1v) is 10.3. The van der Waals surface area contributed by atoms with E-state index in [4.69, 9.17) is 9.73 Å². The zero-order valence-electron chi connectivity index (χ0n) is 17.4. The van der Waals surface area contributed by atoms with Crippen LogP contribution in [0.5, 0.6) is 5.75 Å². The first kappa shape index (κ1) is 20.8. The summed E-state index contributed by atoms with van der Waals surface area (Å²) in [5.41, 5.74) is 4.02. The minimum atomic E-state index is -0.632. The molecule has 0 radical (unpaired) electrons. The average Bonchev–Trinajstić information content (AvgIpc) is 2.85. The van der Waals surface area contributed by atoms with Crippen LogP contribution in [0.1, 0.15) is 28.5 Å². The summed E-state index contributed by atoms with van der Waals surface area (Å²) in [6.45, 7) is 0. The van der Waals surface area contributed by atoms with Crippen molar-refractivity contribution in [2.45, 2.75) is 12.6 Å². The van der Waals surface area contributed by atoms with Crippen molar-refractivity contribution in [2.24, 2.45) is 4.99 Å². The molecule has 0 aliphatic heterocycles. The molecule has 3 aromatic carbocycles. The van der Waals surface area contributed by atoms with E-state index in [1.807, 2.05) is 72.9 Å². The van der Waals surface area contributed by atoms with Gasteiger partial charge in [-0.3, -0.25) is 10.3 Å². The molecule has 0 fully saturated rings. The maximum Gasteiger partial charge on any atom is 0.217 e. The van der Waals surface area contributed by atoms with Gasteiger partial charge in [-0.2, -0.15) is 5.26 Å². The molecule has 0 aliphatic carbocycles. The molecule has 156 valence electrons. The lowest BCUT2D eigenvalue weighted by Gasteiger charge is -2.18. The standard InChI is InChI=1S/C27H22N4O/c28-20-30-26(23-14-16-29-17-15-23)31-27(24-11-5-2-6-12-24)32-25-13-7-10-22(19-25)18-21-8-3-1-4-9-21/h1-17,19,27H,18H2,(H,30,31). The Balaban J connectivity index is 1.65. The van der Waals surface area contributed by atoms with E-state index in [1.54, 1.807) is 24.5 Å². The van der Waals surface area contributed by atoms with Gasteiger partial charge >= 0.3 is 0 Å². The second-order valence-electron chi connectivity index (χ2n) is 7.14. The molecule has 32 heavy (non-hydrogen) atoms. The Morgan fingerprint density at radius 2 is 1.56 bits per heavy atom. The predicted molar refractivity (Wildman–Crippen MR) is 125 cm³/mol. The number of benzene rings is 3. The van der Waals surface area contributed by atoms with Crippen molar-refractivity contribution in [1.82, 2.24) is 10.3 Å². The Bertz CT molecular complexity index is 1200. The van der Waals surface area contributed by atoms with E-state index < -0.39 is 6.23 Å². The van der Waals surface area contributed by atoms with Gasteiger partial charge in [-0.1, -0.05) is 72.8 Å². The van der Waals surface area contributed by atoms with E-state index in [1.165, 1.54) is 5.56 Å². The highest BCUT2D eigenvalue weighted by Crippen LogP contribution is 2.25. The summed E-state index contributed by atoms with van der Waals surface area (Å²) in [6.07, 6.45) is 5.47. The van der Waals surface area contributed by atoms with Crippen molar-refractivity contribution in [2.75, 3.05) is 0 Å². The summed E-state index contributed by atoms with van der Waals surface area (Å²) in [7, 11) is 0. The molecule has 1 heterocycles. The summed E-state index contributed by atoms with van der Waals surface area (Å²) in [5.74, 6) is 1.13. The number of rotatable bonds is 7. The molecule has 0 saturated heterocycles. The third-order valence-electron chi connectivity index (χ3n) is 4.86. The topological polar surface area (TPSA) is 70.3 Å². The summed E-state index contributed by atoms with van der Waals surface area (Å²) < 4.78 is 6.32. The number of hydrogen-bond donors (Lipinski definition) is 1. The van der Waals surface area contributed by atoms with Gasteiger partial charge in [-0.05, 0) is 41.8 Å². The fourth-order valence-electron chi connectivity index (χ4n) is 3.33. The number of nitriles is 1. The van der Waals surface area contributed by atoms with Crippen LogP contribution in [0.15, 0.2) is 114 Å². The molecular weight excluding hydrogens is 396 g/mol. The van der Waals surface area contributed by atoms with Gasteiger partial charge < -0.3 is 4.74 Å².